The highest BCUT2D eigenvalue weighted by Gasteiger charge is 2.30. The van der Waals surface area contributed by atoms with Gasteiger partial charge in [0.15, 0.2) is 11.5 Å². The molecular formula is C22H22N2O3S. The fourth-order valence-corrected chi connectivity index (χ4v) is 3.90. The maximum absolute atomic E-state index is 12.7. The average Bonchev–Trinajstić information content (AvgIpc) is 3.24. The summed E-state index contributed by atoms with van der Waals surface area (Å²) in [6, 6.07) is 17.4. The van der Waals surface area contributed by atoms with Gasteiger partial charge in [-0.15, -0.1) is 11.3 Å². The quantitative estimate of drug-likeness (QED) is 0.645. The smallest absolute Gasteiger partial charge is 0.257 e. The first-order chi connectivity index (χ1) is 13.7. The summed E-state index contributed by atoms with van der Waals surface area (Å²) in [5.74, 6) is 1.37. The largest absolute Gasteiger partial charge is 0.490 e. The van der Waals surface area contributed by atoms with Crippen LogP contribution in [0.1, 0.15) is 33.9 Å². The molecule has 1 aliphatic rings. The zero-order chi connectivity index (χ0) is 19.5. The molecule has 0 bridgehead atoms. The van der Waals surface area contributed by atoms with Crippen molar-refractivity contribution in [3.8, 4) is 11.5 Å². The van der Waals surface area contributed by atoms with Crippen LogP contribution in [0.15, 0.2) is 60.0 Å². The van der Waals surface area contributed by atoms with E-state index in [9.17, 15) is 4.79 Å². The number of benzene rings is 2. The zero-order valence-electron chi connectivity index (χ0n) is 15.8. The van der Waals surface area contributed by atoms with Crippen LogP contribution in [-0.4, -0.2) is 24.5 Å². The van der Waals surface area contributed by atoms with E-state index in [0.29, 0.717) is 30.3 Å². The fourth-order valence-electron chi connectivity index (χ4n) is 3.28. The number of amides is 1. The molecular weight excluding hydrogens is 372 g/mol. The number of fused-ring (bicyclic) bond motifs is 1. The van der Waals surface area contributed by atoms with Crippen LogP contribution in [0.25, 0.3) is 0 Å². The van der Waals surface area contributed by atoms with Gasteiger partial charge in [-0.1, -0.05) is 24.3 Å². The second-order valence-corrected chi connectivity index (χ2v) is 7.55. The SMILES string of the molecule is CCOc1cc(C2Nc3ccccc3C(=O)N2C)ccc1OCc1cccs1. The maximum Gasteiger partial charge on any atom is 0.257 e. The number of ether oxygens (including phenoxy) is 2. The molecule has 2 aromatic carbocycles. The van der Waals surface area contributed by atoms with E-state index in [-0.39, 0.29) is 12.1 Å². The third kappa shape index (κ3) is 3.55. The van der Waals surface area contributed by atoms with Gasteiger partial charge >= 0.3 is 0 Å². The summed E-state index contributed by atoms with van der Waals surface area (Å²) in [5.41, 5.74) is 2.46. The van der Waals surface area contributed by atoms with Crippen LogP contribution in [0.2, 0.25) is 0 Å². The summed E-state index contributed by atoms with van der Waals surface area (Å²) in [6.07, 6.45) is -0.270. The summed E-state index contributed by atoms with van der Waals surface area (Å²) in [6.45, 7) is 2.99. The molecule has 144 valence electrons. The van der Waals surface area contributed by atoms with Crippen LogP contribution in [-0.2, 0) is 6.61 Å². The highest BCUT2D eigenvalue weighted by molar-refractivity contribution is 7.09. The van der Waals surface area contributed by atoms with E-state index in [1.165, 1.54) is 0 Å². The minimum absolute atomic E-state index is 0.00432. The number of hydrogen-bond acceptors (Lipinski definition) is 5. The van der Waals surface area contributed by atoms with E-state index in [1.807, 2.05) is 66.9 Å². The van der Waals surface area contributed by atoms with Gasteiger partial charge in [0.2, 0.25) is 0 Å². The molecule has 1 amide bonds. The van der Waals surface area contributed by atoms with Gasteiger partial charge < -0.3 is 19.7 Å². The molecule has 3 aromatic rings. The Labute approximate surface area is 168 Å². The van der Waals surface area contributed by atoms with Gasteiger partial charge in [-0.2, -0.15) is 0 Å². The van der Waals surface area contributed by atoms with Gasteiger partial charge in [0, 0.05) is 17.6 Å². The molecule has 0 saturated heterocycles. The molecule has 0 fully saturated rings. The Morgan fingerprint density at radius 3 is 2.71 bits per heavy atom. The van der Waals surface area contributed by atoms with E-state index in [2.05, 4.69) is 5.32 Å². The third-order valence-electron chi connectivity index (χ3n) is 4.69. The van der Waals surface area contributed by atoms with Gasteiger partial charge in [0.25, 0.3) is 5.91 Å². The first kappa shape index (κ1) is 18.4. The van der Waals surface area contributed by atoms with Crippen molar-refractivity contribution in [1.82, 2.24) is 4.90 Å². The standard InChI is InChI=1S/C22H22N2O3S/c1-3-26-20-13-15(10-11-19(20)27-14-16-7-6-12-28-16)21-23-18-9-5-4-8-17(18)22(25)24(21)2/h4-13,21,23H,3,14H2,1-2H3. The number of anilines is 1. The van der Waals surface area contributed by atoms with Crippen molar-refractivity contribution in [2.45, 2.75) is 19.7 Å². The number of para-hydroxylation sites is 1. The lowest BCUT2D eigenvalue weighted by Crippen LogP contribution is -2.40. The minimum Gasteiger partial charge on any atom is -0.490 e. The molecule has 5 nitrogen and oxygen atoms in total. The Balaban J connectivity index is 1.61. The molecule has 2 heterocycles. The zero-order valence-corrected chi connectivity index (χ0v) is 16.7. The highest BCUT2D eigenvalue weighted by atomic mass is 32.1. The first-order valence-electron chi connectivity index (χ1n) is 9.22. The number of thiophene rings is 1. The second kappa shape index (κ2) is 7.94. The molecule has 1 N–H and O–H groups in total. The van der Waals surface area contributed by atoms with E-state index >= 15 is 0 Å². The van der Waals surface area contributed by atoms with Crippen LogP contribution in [0.4, 0.5) is 5.69 Å². The minimum atomic E-state index is -0.270. The van der Waals surface area contributed by atoms with Gasteiger partial charge in [0.1, 0.15) is 12.8 Å². The molecule has 1 aliphatic heterocycles. The van der Waals surface area contributed by atoms with Crippen molar-refractivity contribution in [3.05, 3.63) is 76.0 Å². The molecule has 0 saturated carbocycles. The summed E-state index contributed by atoms with van der Waals surface area (Å²) >= 11 is 1.66. The number of rotatable bonds is 6. The van der Waals surface area contributed by atoms with Crippen molar-refractivity contribution in [2.24, 2.45) is 0 Å². The molecule has 1 atom stereocenters. The summed E-state index contributed by atoms with van der Waals surface area (Å²) in [7, 11) is 1.80. The summed E-state index contributed by atoms with van der Waals surface area (Å²) in [4.78, 5) is 15.6. The number of carbonyl (C=O) groups excluding carboxylic acids is 1. The highest BCUT2D eigenvalue weighted by Crippen LogP contribution is 2.36. The van der Waals surface area contributed by atoms with Gasteiger partial charge in [0.05, 0.1) is 12.2 Å². The van der Waals surface area contributed by atoms with E-state index in [0.717, 1.165) is 16.1 Å². The van der Waals surface area contributed by atoms with Crippen molar-refractivity contribution in [1.29, 1.82) is 0 Å². The number of carbonyl (C=O) groups is 1. The number of hydrogen-bond donors (Lipinski definition) is 1. The predicted molar refractivity (Wildman–Crippen MR) is 111 cm³/mol. The lowest BCUT2D eigenvalue weighted by molar-refractivity contribution is 0.0735. The van der Waals surface area contributed by atoms with E-state index in [4.69, 9.17) is 9.47 Å². The Morgan fingerprint density at radius 1 is 1.07 bits per heavy atom. The van der Waals surface area contributed by atoms with E-state index < -0.39 is 0 Å². The molecule has 4 rings (SSSR count). The fraction of sp³-hybridized carbons (Fsp3) is 0.227. The third-order valence-corrected chi connectivity index (χ3v) is 5.54. The summed E-state index contributed by atoms with van der Waals surface area (Å²) in [5, 5.41) is 5.48. The molecule has 0 radical (unpaired) electrons. The predicted octanol–water partition coefficient (Wildman–Crippen LogP) is 4.92. The Kier molecular flexibility index (Phi) is 5.21. The normalized spacial score (nSPS) is 15.7. The molecule has 6 heteroatoms. The van der Waals surface area contributed by atoms with Gasteiger partial charge in [-0.25, -0.2) is 0 Å². The number of nitrogens with one attached hydrogen (secondary N) is 1. The van der Waals surface area contributed by atoms with Crippen molar-refractivity contribution < 1.29 is 14.3 Å². The Morgan fingerprint density at radius 2 is 1.93 bits per heavy atom. The average molecular weight is 394 g/mol. The molecule has 1 aromatic heterocycles. The maximum atomic E-state index is 12.7. The van der Waals surface area contributed by atoms with Crippen LogP contribution in [0.3, 0.4) is 0 Å². The lowest BCUT2D eigenvalue weighted by atomic mass is 10.0. The Bertz CT molecular complexity index is 972. The summed E-state index contributed by atoms with van der Waals surface area (Å²) < 4.78 is 11.8. The monoisotopic (exact) mass is 394 g/mol. The van der Waals surface area contributed by atoms with Crippen LogP contribution < -0.4 is 14.8 Å². The molecule has 0 aliphatic carbocycles. The van der Waals surface area contributed by atoms with Crippen LogP contribution in [0, 0.1) is 0 Å². The molecule has 28 heavy (non-hydrogen) atoms. The lowest BCUT2D eigenvalue weighted by Gasteiger charge is -2.35. The van der Waals surface area contributed by atoms with Crippen molar-refractivity contribution >= 4 is 22.9 Å². The van der Waals surface area contributed by atoms with Gasteiger partial charge in [-0.3, -0.25) is 4.79 Å². The van der Waals surface area contributed by atoms with E-state index in [1.54, 1.807) is 23.3 Å². The van der Waals surface area contributed by atoms with Crippen molar-refractivity contribution in [2.75, 3.05) is 19.0 Å². The Hall–Kier alpha value is -2.99. The first-order valence-corrected chi connectivity index (χ1v) is 10.1. The molecule has 1 unspecified atom stereocenters. The second-order valence-electron chi connectivity index (χ2n) is 6.52. The van der Waals surface area contributed by atoms with Crippen LogP contribution >= 0.6 is 11.3 Å². The van der Waals surface area contributed by atoms with Crippen molar-refractivity contribution in [3.63, 3.8) is 0 Å². The van der Waals surface area contributed by atoms with Gasteiger partial charge in [-0.05, 0) is 48.2 Å². The van der Waals surface area contributed by atoms with Crippen LogP contribution in [0.5, 0.6) is 11.5 Å². The number of nitrogens with zero attached hydrogens (tertiary/aromatic N) is 1. The molecule has 0 spiro atoms. The topological polar surface area (TPSA) is 50.8 Å².